The number of halogens is 3. The number of methoxy groups -OCH3 is 2. The number of rotatable bonds is 12. The van der Waals surface area contributed by atoms with Crippen LogP contribution in [-0.2, 0) is 17.9 Å². The van der Waals surface area contributed by atoms with E-state index in [2.05, 4.69) is 20.9 Å². The molecule has 0 spiro atoms. The number of hydrogen-bond donors (Lipinski definition) is 4. The zero-order valence-electron chi connectivity index (χ0n) is 27.0. The van der Waals surface area contributed by atoms with Gasteiger partial charge in [-0.3, -0.25) is 9.78 Å². The smallest absolute Gasteiger partial charge is 0.220 e. The third-order valence-electron chi connectivity index (χ3n) is 8.97. The van der Waals surface area contributed by atoms with Gasteiger partial charge in [-0.05, 0) is 50.5 Å². The van der Waals surface area contributed by atoms with Gasteiger partial charge in [0.15, 0.2) is 0 Å². The van der Waals surface area contributed by atoms with Gasteiger partial charge in [-0.1, -0.05) is 47.5 Å². The molecule has 1 unspecified atom stereocenters. The Hall–Kier alpha value is -3.80. The molecule has 1 saturated carbocycles. The highest BCUT2D eigenvalue weighted by atomic mass is 35.5. The summed E-state index contributed by atoms with van der Waals surface area (Å²) in [7, 11) is 3.07. The van der Waals surface area contributed by atoms with Gasteiger partial charge in [-0.15, -0.1) is 0 Å². The van der Waals surface area contributed by atoms with Crippen molar-refractivity contribution in [2.45, 2.75) is 63.4 Å². The summed E-state index contributed by atoms with van der Waals surface area (Å²) >= 11 is 14.0. The molecule has 4 N–H and O–H groups in total. The second-order valence-electron chi connectivity index (χ2n) is 12.6. The summed E-state index contributed by atoms with van der Waals surface area (Å²) in [6, 6.07) is 14.6. The van der Waals surface area contributed by atoms with Crippen molar-refractivity contribution in [3.8, 4) is 45.3 Å². The van der Waals surface area contributed by atoms with Crippen LogP contribution < -0.4 is 25.4 Å². The first kappa shape index (κ1) is 34.1. The first-order valence-corrected chi connectivity index (χ1v) is 16.6. The summed E-state index contributed by atoms with van der Waals surface area (Å²) in [5.41, 5.74) is 4.04. The van der Waals surface area contributed by atoms with Crippen LogP contribution in [0.25, 0.3) is 33.6 Å². The molecule has 1 aliphatic heterocycles. The summed E-state index contributed by atoms with van der Waals surface area (Å²) < 4.78 is 26.7. The van der Waals surface area contributed by atoms with Crippen molar-refractivity contribution < 1.29 is 23.8 Å². The molecule has 1 aliphatic carbocycles. The molecule has 2 aromatic carbocycles. The Balaban J connectivity index is 1.24. The molecule has 2 fully saturated rings. The Morgan fingerprint density at radius 2 is 1.81 bits per heavy atom. The summed E-state index contributed by atoms with van der Waals surface area (Å²) in [4.78, 5) is 20.7. The van der Waals surface area contributed by atoms with Crippen LogP contribution in [0.2, 0.25) is 10.0 Å². The molecule has 9 nitrogen and oxygen atoms in total. The predicted molar refractivity (Wildman–Crippen MR) is 185 cm³/mol. The van der Waals surface area contributed by atoms with Gasteiger partial charge in [0.1, 0.15) is 11.6 Å². The van der Waals surface area contributed by atoms with Crippen LogP contribution in [0.15, 0.2) is 54.7 Å². The van der Waals surface area contributed by atoms with Gasteiger partial charge in [0.2, 0.25) is 11.8 Å². The molecule has 2 aliphatic rings. The maximum absolute atomic E-state index is 15.5. The number of ether oxygens (including phenoxy) is 2. The van der Waals surface area contributed by atoms with Crippen molar-refractivity contribution in [1.82, 2.24) is 25.9 Å². The lowest BCUT2D eigenvalue weighted by atomic mass is 9.77. The largest absolute Gasteiger partial charge is 0.496 e. The quantitative estimate of drug-likeness (QED) is 0.136. The number of nitrogens with one attached hydrogen (secondary N) is 3. The van der Waals surface area contributed by atoms with Gasteiger partial charge >= 0.3 is 0 Å². The van der Waals surface area contributed by atoms with E-state index in [9.17, 15) is 9.90 Å². The Bertz CT molecular complexity index is 1830. The lowest BCUT2D eigenvalue weighted by Gasteiger charge is -2.41. The number of pyridine rings is 2. The molecule has 3 heterocycles. The highest BCUT2D eigenvalue weighted by Gasteiger charge is 2.38. The maximum atomic E-state index is 15.5. The van der Waals surface area contributed by atoms with Crippen LogP contribution in [-0.4, -0.2) is 59.4 Å². The van der Waals surface area contributed by atoms with E-state index < -0.39 is 11.4 Å². The third-order valence-corrected chi connectivity index (χ3v) is 9.76. The maximum Gasteiger partial charge on any atom is 0.220 e. The predicted octanol–water partition coefficient (Wildman–Crippen LogP) is 6.31. The van der Waals surface area contributed by atoms with Crippen LogP contribution in [0.5, 0.6) is 11.6 Å². The van der Waals surface area contributed by atoms with Gasteiger partial charge in [0, 0.05) is 77.7 Å². The van der Waals surface area contributed by atoms with E-state index >= 15 is 4.39 Å². The zero-order chi connectivity index (χ0) is 34.0. The number of amides is 1. The van der Waals surface area contributed by atoms with Gasteiger partial charge in [-0.2, -0.15) is 0 Å². The molecule has 0 radical (unpaired) electrons. The molecular weight excluding hydrogens is 656 g/mol. The van der Waals surface area contributed by atoms with Crippen LogP contribution >= 0.6 is 23.2 Å². The number of aromatic nitrogens is 2. The summed E-state index contributed by atoms with van der Waals surface area (Å²) in [5, 5.41) is 20.4. The molecule has 6 rings (SSSR count). The number of hydrogen-bond acceptors (Lipinski definition) is 8. The fourth-order valence-electron chi connectivity index (χ4n) is 6.43. The SMILES string of the molecule is COc1cc(-c2nccc(-c3cccc(-c4ccc(CNCC5CCC(=O)N5)c(OC)n4)c3Cl)c2Cl)cc(F)c1CNC1CC(C)(O)C1. The molecule has 1 atom stereocenters. The lowest BCUT2D eigenvalue weighted by molar-refractivity contribution is -0.119. The number of benzene rings is 2. The molecule has 48 heavy (non-hydrogen) atoms. The molecule has 1 saturated heterocycles. The third kappa shape index (κ3) is 7.28. The molecule has 252 valence electrons. The topological polar surface area (TPSA) is 118 Å². The van der Waals surface area contributed by atoms with E-state index in [4.69, 9.17) is 37.7 Å². The second kappa shape index (κ2) is 14.4. The van der Waals surface area contributed by atoms with E-state index in [0.29, 0.717) is 93.2 Å². The highest BCUT2D eigenvalue weighted by Crippen LogP contribution is 2.42. The van der Waals surface area contributed by atoms with Crippen molar-refractivity contribution in [2.75, 3.05) is 20.8 Å². The monoisotopic (exact) mass is 693 g/mol. The highest BCUT2D eigenvalue weighted by molar-refractivity contribution is 6.39. The normalized spacial score (nSPS) is 20.4. The Labute approximate surface area is 289 Å². The fraction of sp³-hybridized carbons (Fsp3) is 0.361. The van der Waals surface area contributed by atoms with E-state index in [-0.39, 0.29) is 24.5 Å². The van der Waals surface area contributed by atoms with Crippen LogP contribution in [0.4, 0.5) is 4.39 Å². The molecule has 2 aromatic heterocycles. The van der Waals surface area contributed by atoms with Gasteiger partial charge in [0.05, 0.1) is 41.3 Å². The minimum Gasteiger partial charge on any atom is -0.496 e. The fourth-order valence-corrected chi connectivity index (χ4v) is 7.07. The first-order valence-electron chi connectivity index (χ1n) is 15.9. The van der Waals surface area contributed by atoms with Crippen LogP contribution in [0.3, 0.4) is 0 Å². The average molecular weight is 695 g/mol. The van der Waals surface area contributed by atoms with Gasteiger partial charge in [-0.25, -0.2) is 9.37 Å². The Morgan fingerprint density at radius 3 is 2.52 bits per heavy atom. The summed E-state index contributed by atoms with van der Waals surface area (Å²) in [6.45, 7) is 3.24. The minimum absolute atomic E-state index is 0.0852. The van der Waals surface area contributed by atoms with Crippen molar-refractivity contribution in [2.24, 2.45) is 0 Å². The molecule has 4 aromatic rings. The second-order valence-corrected chi connectivity index (χ2v) is 13.4. The summed E-state index contributed by atoms with van der Waals surface area (Å²) in [6.07, 6.45) is 4.21. The molecule has 12 heteroatoms. The van der Waals surface area contributed by atoms with Crippen molar-refractivity contribution in [1.29, 1.82) is 0 Å². The standard InChI is InChI=1S/C36H38Cl2FN5O4/c1-36(46)15-23(16-36)42-19-27-28(39)13-21(14-30(27)47-2)34-33(38)25(11-12-41-34)24-5-4-6-26(32(24)37)29-9-7-20(35(44-29)48-3)17-40-18-22-8-10-31(45)43-22/h4-7,9,11-14,22-23,40,42,46H,8,10,15-19H2,1-3H3,(H,43,45). The van der Waals surface area contributed by atoms with E-state index in [1.54, 1.807) is 32.4 Å². The number of aliphatic hydroxyl groups is 1. The van der Waals surface area contributed by atoms with Crippen molar-refractivity contribution >= 4 is 29.1 Å². The van der Waals surface area contributed by atoms with E-state index in [1.165, 1.54) is 13.2 Å². The van der Waals surface area contributed by atoms with E-state index in [0.717, 1.165) is 12.0 Å². The number of nitrogens with zero attached hydrogens (tertiary/aromatic N) is 2. The molecular formula is C36H38Cl2FN5O4. The number of carbonyl (C=O) groups is 1. The average Bonchev–Trinajstić information content (AvgIpc) is 3.48. The first-order chi connectivity index (χ1) is 23.1. The molecule has 1 amide bonds. The number of carbonyl (C=O) groups excluding carboxylic acids is 1. The Kier molecular flexibility index (Phi) is 10.2. The minimum atomic E-state index is -0.678. The van der Waals surface area contributed by atoms with Gasteiger partial charge < -0.3 is 30.5 Å². The van der Waals surface area contributed by atoms with E-state index in [1.807, 2.05) is 30.3 Å². The zero-order valence-corrected chi connectivity index (χ0v) is 28.5. The van der Waals surface area contributed by atoms with Crippen LogP contribution in [0.1, 0.15) is 43.7 Å². The summed E-state index contributed by atoms with van der Waals surface area (Å²) in [5.74, 6) is 0.475. The van der Waals surface area contributed by atoms with Crippen molar-refractivity contribution in [3.05, 3.63) is 81.7 Å². The van der Waals surface area contributed by atoms with Crippen LogP contribution in [0, 0.1) is 5.82 Å². The van der Waals surface area contributed by atoms with Gasteiger partial charge in [0.25, 0.3) is 0 Å². The van der Waals surface area contributed by atoms with Crippen molar-refractivity contribution in [3.63, 3.8) is 0 Å². The lowest BCUT2D eigenvalue weighted by Crippen LogP contribution is -2.51. The Morgan fingerprint density at radius 1 is 1.04 bits per heavy atom. The molecule has 0 bridgehead atoms.